The molecule has 0 N–H and O–H groups in total. The fraction of sp³-hybridized carbons (Fsp3) is 0.120. The van der Waals surface area contributed by atoms with Gasteiger partial charge in [-0.25, -0.2) is 13.2 Å². The van der Waals surface area contributed by atoms with Crippen molar-refractivity contribution in [1.82, 2.24) is 0 Å². The minimum absolute atomic E-state index is 0.0855. The molecule has 0 spiro atoms. The largest absolute Gasteiger partial charge is 0.497 e. The van der Waals surface area contributed by atoms with Crippen LogP contribution in [0.3, 0.4) is 0 Å². The van der Waals surface area contributed by atoms with Crippen molar-refractivity contribution < 1.29 is 36.8 Å². The van der Waals surface area contributed by atoms with Crippen molar-refractivity contribution >= 4 is 44.2 Å². The molecular formula is C25H20N2O9S. The number of fused-ring (bicyclic) bond motifs is 1. The average molecular weight is 525 g/mol. The van der Waals surface area contributed by atoms with Crippen molar-refractivity contribution in [1.29, 1.82) is 0 Å². The van der Waals surface area contributed by atoms with Crippen LogP contribution in [0.25, 0.3) is 11.0 Å². The van der Waals surface area contributed by atoms with Crippen molar-refractivity contribution in [3.8, 4) is 5.75 Å². The van der Waals surface area contributed by atoms with Crippen LogP contribution in [0.1, 0.15) is 26.5 Å². The molecule has 0 bridgehead atoms. The minimum atomic E-state index is -4.51. The lowest BCUT2D eigenvalue weighted by atomic mass is 10.1. The maximum Gasteiger partial charge on any atom is 0.342 e. The van der Waals surface area contributed by atoms with E-state index < -0.39 is 26.8 Å². The molecule has 0 radical (unpaired) electrons. The number of benzene rings is 3. The van der Waals surface area contributed by atoms with Gasteiger partial charge in [0.2, 0.25) is 0 Å². The van der Waals surface area contributed by atoms with Gasteiger partial charge in [-0.3, -0.25) is 14.9 Å². The third-order valence-corrected chi connectivity index (χ3v) is 7.30. The summed E-state index contributed by atoms with van der Waals surface area (Å²) >= 11 is 0. The average Bonchev–Trinajstić information content (AvgIpc) is 3.23. The van der Waals surface area contributed by atoms with E-state index in [1.807, 2.05) is 0 Å². The van der Waals surface area contributed by atoms with E-state index in [0.29, 0.717) is 10.1 Å². The molecule has 4 aromatic rings. The molecule has 0 atom stereocenters. The van der Waals surface area contributed by atoms with Gasteiger partial charge in [-0.2, -0.15) is 4.31 Å². The Morgan fingerprint density at radius 3 is 2.19 bits per heavy atom. The van der Waals surface area contributed by atoms with E-state index in [1.165, 1.54) is 56.7 Å². The molecule has 4 rings (SSSR count). The molecule has 1 heterocycles. The van der Waals surface area contributed by atoms with Gasteiger partial charge in [0.15, 0.2) is 0 Å². The van der Waals surface area contributed by atoms with Crippen LogP contribution in [0.4, 0.5) is 11.4 Å². The number of carbonyl (C=O) groups is 2. The summed E-state index contributed by atoms with van der Waals surface area (Å²) in [5.41, 5.74) is -0.0914. The molecule has 12 heteroatoms. The Morgan fingerprint density at radius 2 is 1.62 bits per heavy atom. The Hall–Kier alpha value is -4.71. The van der Waals surface area contributed by atoms with E-state index >= 15 is 0 Å². The number of methoxy groups -OCH3 is 2. The molecule has 11 nitrogen and oxygen atoms in total. The number of aryl methyl sites for hydroxylation is 1. The van der Waals surface area contributed by atoms with Crippen molar-refractivity contribution in [3.63, 3.8) is 0 Å². The molecular weight excluding hydrogens is 504 g/mol. The lowest BCUT2D eigenvalue weighted by Gasteiger charge is -2.23. The fourth-order valence-electron chi connectivity index (χ4n) is 3.75. The number of nitro groups is 1. The highest BCUT2D eigenvalue weighted by molar-refractivity contribution is 7.93. The molecule has 37 heavy (non-hydrogen) atoms. The molecule has 0 unspecified atom stereocenters. The number of non-ortho nitro benzene ring substituents is 1. The number of amides is 1. The second-order valence-electron chi connectivity index (χ2n) is 7.76. The number of sulfonamides is 1. The third-order valence-electron chi connectivity index (χ3n) is 5.58. The summed E-state index contributed by atoms with van der Waals surface area (Å²) in [4.78, 5) is 36.2. The number of nitro benzene ring substituents is 1. The number of rotatable bonds is 7. The third kappa shape index (κ3) is 4.61. The summed E-state index contributed by atoms with van der Waals surface area (Å²) in [6, 6.07) is 14.1. The van der Waals surface area contributed by atoms with Crippen LogP contribution in [-0.2, 0) is 14.8 Å². The number of anilines is 1. The summed E-state index contributed by atoms with van der Waals surface area (Å²) < 4.78 is 43.6. The van der Waals surface area contributed by atoms with Crippen LogP contribution >= 0.6 is 0 Å². The van der Waals surface area contributed by atoms with Crippen LogP contribution in [0.5, 0.6) is 5.75 Å². The molecule has 0 aliphatic carbocycles. The molecule has 0 saturated carbocycles. The van der Waals surface area contributed by atoms with Gasteiger partial charge in [0, 0.05) is 23.1 Å². The van der Waals surface area contributed by atoms with Crippen molar-refractivity contribution in [2.75, 3.05) is 18.5 Å². The van der Waals surface area contributed by atoms with E-state index in [-0.39, 0.29) is 44.1 Å². The maximum absolute atomic E-state index is 13.8. The highest BCUT2D eigenvalue weighted by Gasteiger charge is 2.33. The second-order valence-corrected chi connectivity index (χ2v) is 9.55. The lowest BCUT2D eigenvalue weighted by Crippen LogP contribution is -2.37. The lowest BCUT2D eigenvalue weighted by molar-refractivity contribution is -0.384. The quantitative estimate of drug-likeness (QED) is 0.194. The Labute approximate surface area is 211 Å². The summed E-state index contributed by atoms with van der Waals surface area (Å²) in [5, 5.41) is 11.3. The first-order valence-electron chi connectivity index (χ1n) is 10.7. The van der Waals surface area contributed by atoms with Crippen LogP contribution in [0.15, 0.2) is 76.0 Å². The van der Waals surface area contributed by atoms with E-state index in [0.717, 1.165) is 24.3 Å². The van der Waals surface area contributed by atoms with E-state index in [9.17, 15) is 28.1 Å². The highest BCUT2D eigenvalue weighted by Crippen LogP contribution is 2.34. The van der Waals surface area contributed by atoms with Gasteiger partial charge in [0.05, 0.1) is 29.7 Å². The monoisotopic (exact) mass is 524 g/mol. The van der Waals surface area contributed by atoms with E-state index in [2.05, 4.69) is 0 Å². The SMILES string of the molecule is COC(=O)c1c(C)oc2ccc(N(C(=O)c3ccc([N+](=O)[O-])cc3)S(=O)(=O)c3ccc(OC)cc3)cc12. The highest BCUT2D eigenvalue weighted by atomic mass is 32.2. The van der Waals surface area contributed by atoms with Gasteiger partial charge in [-0.15, -0.1) is 0 Å². The molecule has 190 valence electrons. The number of furan rings is 1. The Balaban J connectivity index is 1.92. The first-order valence-corrected chi connectivity index (χ1v) is 12.1. The number of esters is 1. The smallest absolute Gasteiger partial charge is 0.342 e. The summed E-state index contributed by atoms with van der Waals surface area (Å²) in [5.74, 6) is -1.000. The molecule has 3 aromatic carbocycles. The maximum atomic E-state index is 13.8. The molecule has 0 aliphatic heterocycles. The molecule has 0 aliphatic rings. The van der Waals surface area contributed by atoms with Gasteiger partial charge in [-0.1, -0.05) is 0 Å². The number of hydrogen-bond acceptors (Lipinski definition) is 9. The van der Waals surface area contributed by atoms with Gasteiger partial charge < -0.3 is 13.9 Å². The molecule has 0 saturated heterocycles. The standard InChI is InChI=1S/C25H20N2O9S/c1-15-23(25(29)35-3)21-14-18(8-13-22(21)36-15)26(24(28)16-4-6-17(7-5-16)27(30)31)37(32,33)20-11-9-19(34-2)10-12-20/h4-14H,1-3H3. The predicted molar refractivity (Wildman–Crippen MR) is 132 cm³/mol. The number of carbonyl (C=O) groups excluding carboxylic acids is 2. The zero-order valence-corrected chi connectivity index (χ0v) is 20.6. The second kappa shape index (κ2) is 9.74. The van der Waals surface area contributed by atoms with Crippen LogP contribution in [0, 0.1) is 17.0 Å². The summed E-state index contributed by atoms with van der Waals surface area (Å²) in [6.07, 6.45) is 0. The molecule has 1 amide bonds. The zero-order valence-electron chi connectivity index (χ0n) is 19.8. The fourth-order valence-corrected chi connectivity index (χ4v) is 5.16. The van der Waals surface area contributed by atoms with Gasteiger partial charge >= 0.3 is 5.97 Å². The summed E-state index contributed by atoms with van der Waals surface area (Å²) in [6.45, 7) is 1.56. The predicted octanol–water partition coefficient (Wildman–Crippen LogP) is 4.48. The number of nitrogens with zero attached hydrogens (tertiary/aromatic N) is 2. The topological polar surface area (TPSA) is 146 Å². The van der Waals surface area contributed by atoms with E-state index in [4.69, 9.17) is 13.9 Å². The Kier molecular flexibility index (Phi) is 6.68. The molecule has 0 fully saturated rings. The van der Waals surface area contributed by atoms with Gasteiger partial charge in [0.1, 0.15) is 22.7 Å². The van der Waals surface area contributed by atoms with Crippen LogP contribution in [-0.4, -0.2) is 39.4 Å². The number of hydrogen-bond donors (Lipinski definition) is 0. The van der Waals surface area contributed by atoms with Crippen molar-refractivity contribution in [2.45, 2.75) is 11.8 Å². The Morgan fingerprint density at radius 1 is 0.973 bits per heavy atom. The zero-order chi connectivity index (χ0) is 26.9. The van der Waals surface area contributed by atoms with Gasteiger partial charge in [0.25, 0.3) is 21.6 Å². The Bertz CT molecular complexity index is 1620. The van der Waals surface area contributed by atoms with Crippen LogP contribution < -0.4 is 9.04 Å². The first-order chi connectivity index (χ1) is 17.6. The summed E-state index contributed by atoms with van der Waals surface area (Å²) in [7, 11) is -1.88. The molecule has 1 aromatic heterocycles. The van der Waals surface area contributed by atoms with E-state index in [1.54, 1.807) is 6.92 Å². The first kappa shape index (κ1) is 25.4. The van der Waals surface area contributed by atoms with Gasteiger partial charge in [-0.05, 0) is 61.5 Å². The normalized spacial score (nSPS) is 11.2. The van der Waals surface area contributed by atoms with Crippen molar-refractivity contribution in [3.05, 3.63) is 93.7 Å². The van der Waals surface area contributed by atoms with Crippen LogP contribution in [0.2, 0.25) is 0 Å². The van der Waals surface area contributed by atoms with Crippen molar-refractivity contribution in [2.24, 2.45) is 0 Å². The number of ether oxygens (including phenoxy) is 2. The minimum Gasteiger partial charge on any atom is -0.497 e.